The zero-order chi connectivity index (χ0) is 8.10. The van der Waals surface area contributed by atoms with Gasteiger partial charge in [-0.1, -0.05) is 0 Å². The van der Waals surface area contributed by atoms with Crippen LogP contribution in [0.3, 0.4) is 0 Å². The quantitative estimate of drug-likeness (QED) is 0.547. The monoisotopic (exact) mass is 162 g/mol. The van der Waals surface area contributed by atoms with Crippen LogP contribution in [0, 0.1) is 0 Å². The smallest absolute Gasteiger partial charge is 0.181 e. The highest BCUT2D eigenvalue weighted by molar-refractivity contribution is 4.66. The van der Waals surface area contributed by atoms with Crippen LogP contribution in [0.2, 0.25) is 0 Å². The van der Waals surface area contributed by atoms with Gasteiger partial charge in [0, 0.05) is 6.61 Å². The Balaban J connectivity index is 2.12. The van der Waals surface area contributed by atoms with Crippen molar-refractivity contribution in [2.24, 2.45) is 0 Å². The van der Waals surface area contributed by atoms with Crippen LogP contribution in [0.1, 0.15) is 12.8 Å². The Bertz CT molecular complexity index is 101. The lowest BCUT2D eigenvalue weighted by molar-refractivity contribution is -0.168. The summed E-state index contributed by atoms with van der Waals surface area (Å²) >= 11 is 0. The summed E-state index contributed by atoms with van der Waals surface area (Å²) in [6.07, 6.45) is 0.753. The summed E-state index contributed by atoms with van der Waals surface area (Å²) in [6, 6.07) is 0. The van der Waals surface area contributed by atoms with E-state index in [2.05, 4.69) is 0 Å². The molecule has 2 atom stereocenters. The Morgan fingerprint density at radius 1 is 1.64 bits per heavy atom. The van der Waals surface area contributed by atoms with Crippen molar-refractivity contribution in [3.63, 3.8) is 0 Å². The van der Waals surface area contributed by atoms with E-state index < -0.39 is 6.29 Å². The van der Waals surface area contributed by atoms with Gasteiger partial charge in [0.25, 0.3) is 0 Å². The standard InChI is InChI=1S/C7H14O4/c8-3-5-11-7(9)6-2-1-4-10-6/h6-9H,1-5H2. The second-order valence-electron chi connectivity index (χ2n) is 2.54. The lowest BCUT2D eigenvalue weighted by Gasteiger charge is -2.16. The molecule has 0 saturated carbocycles. The molecule has 0 bridgehead atoms. The maximum absolute atomic E-state index is 9.22. The first-order valence-corrected chi connectivity index (χ1v) is 3.86. The second kappa shape index (κ2) is 4.66. The molecule has 4 heteroatoms. The topological polar surface area (TPSA) is 58.9 Å². The van der Waals surface area contributed by atoms with E-state index in [-0.39, 0.29) is 19.3 Å². The van der Waals surface area contributed by atoms with Crippen LogP contribution in [-0.4, -0.2) is 42.4 Å². The molecule has 0 aromatic carbocycles. The maximum atomic E-state index is 9.22. The first-order chi connectivity index (χ1) is 5.34. The third-order valence-electron chi connectivity index (χ3n) is 1.66. The molecule has 0 spiro atoms. The van der Waals surface area contributed by atoms with Gasteiger partial charge in [-0.25, -0.2) is 0 Å². The average Bonchev–Trinajstić information content (AvgIpc) is 2.52. The summed E-state index contributed by atoms with van der Waals surface area (Å²) in [5, 5.41) is 17.6. The van der Waals surface area contributed by atoms with Crippen LogP contribution in [0.15, 0.2) is 0 Å². The van der Waals surface area contributed by atoms with Crippen molar-refractivity contribution in [1.29, 1.82) is 0 Å². The zero-order valence-corrected chi connectivity index (χ0v) is 6.40. The van der Waals surface area contributed by atoms with E-state index in [1.165, 1.54) is 0 Å². The van der Waals surface area contributed by atoms with E-state index in [9.17, 15) is 5.11 Å². The van der Waals surface area contributed by atoms with E-state index in [1.54, 1.807) is 0 Å². The molecule has 0 aliphatic carbocycles. The molecule has 1 aliphatic rings. The molecule has 0 aromatic heterocycles. The van der Waals surface area contributed by atoms with Crippen molar-refractivity contribution in [2.45, 2.75) is 25.2 Å². The van der Waals surface area contributed by atoms with Crippen molar-refractivity contribution < 1.29 is 19.7 Å². The fourth-order valence-electron chi connectivity index (χ4n) is 1.11. The minimum Gasteiger partial charge on any atom is -0.394 e. The lowest BCUT2D eigenvalue weighted by atomic mass is 10.2. The van der Waals surface area contributed by atoms with Crippen LogP contribution in [0.4, 0.5) is 0 Å². The summed E-state index contributed by atoms with van der Waals surface area (Å²) in [4.78, 5) is 0. The fraction of sp³-hybridized carbons (Fsp3) is 1.00. The predicted octanol–water partition coefficient (Wildman–Crippen LogP) is -0.507. The van der Waals surface area contributed by atoms with Crippen molar-refractivity contribution in [2.75, 3.05) is 19.8 Å². The van der Waals surface area contributed by atoms with Gasteiger partial charge in [0.1, 0.15) is 6.10 Å². The van der Waals surface area contributed by atoms with Gasteiger partial charge in [-0.05, 0) is 12.8 Å². The van der Waals surface area contributed by atoms with Gasteiger partial charge in [0.05, 0.1) is 13.2 Å². The van der Waals surface area contributed by atoms with E-state index in [4.69, 9.17) is 14.6 Å². The number of hydrogen-bond donors (Lipinski definition) is 2. The number of hydrogen-bond acceptors (Lipinski definition) is 4. The van der Waals surface area contributed by atoms with Gasteiger partial charge in [-0.2, -0.15) is 0 Å². The SMILES string of the molecule is OCCOC(O)C1CCCO1. The van der Waals surface area contributed by atoms with E-state index in [0.717, 1.165) is 12.8 Å². The molecule has 2 N–H and O–H groups in total. The van der Waals surface area contributed by atoms with Crippen LogP contribution < -0.4 is 0 Å². The summed E-state index contributed by atoms with van der Waals surface area (Å²) in [5.74, 6) is 0. The van der Waals surface area contributed by atoms with Gasteiger partial charge in [-0.3, -0.25) is 0 Å². The molecule has 4 nitrogen and oxygen atoms in total. The minimum absolute atomic E-state index is 0.0657. The summed E-state index contributed by atoms with van der Waals surface area (Å²) < 4.78 is 10.0. The molecular formula is C7H14O4. The van der Waals surface area contributed by atoms with Gasteiger partial charge in [0.15, 0.2) is 6.29 Å². The third kappa shape index (κ3) is 2.75. The highest BCUT2D eigenvalue weighted by Crippen LogP contribution is 2.15. The van der Waals surface area contributed by atoms with E-state index in [1.807, 2.05) is 0 Å². The number of rotatable bonds is 4. The van der Waals surface area contributed by atoms with Crippen LogP contribution in [0.5, 0.6) is 0 Å². The molecular weight excluding hydrogens is 148 g/mol. The second-order valence-corrected chi connectivity index (χ2v) is 2.54. The first-order valence-electron chi connectivity index (χ1n) is 3.86. The molecule has 2 unspecified atom stereocenters. The molecule has 66 valence electrons. The van der Waals surface area contributed by atoms with Crippen LogP contribution in [0.25, 0.3) is 0 Å². The highest BCUT2D eigenvalue weighted by atomic mass is 16.6. The molecule has 1 rings (SSSR count). The Labute approximate surface area is 65.7 Å². The third-order valence-corrected chi connectivity index (χ3v) is 1.66. The molecule has 0 amide bonds. The summed E-state index contributed by atoms with van der Waals surface area (Å²) in [7, 11) is 0. The van der Waals surface area contributed by atoms with Crippen molar-refractivity contribution in [1.82, 2.24) is 0 Å². The normalized spacial score (nSPS) is 27.3. The van der Waals surface area contributed by atoms with E-state index in [0.29, 0.717) is 6.61 Å². The fourth-order valence-corrected chi connectivity index (χ4v) is 1.11. The zero-order valence-electron chi connectivity index (χ0n) is 6.40. The Hall–Kier alpha value is -0.160. The first kappa shape index (κ1) is 8.93. The molecule has 1 heterocycles. The van der Waals surface area contributed by atoms with Crippen molar-refractivity contribution in [3.8, 4) is 0 Å². The summed E-state index contributed by atoms with van der Waals surface area (Å²) in [6.45, 7) is 0.801. The minimum atomic E-state index is -0.871. The predicted molar refractivity (Wildman–Crippen MR) is 38.0 cm³/mol. The lowest BCUT2D eigenvalue weighted by Crippen LogP contribution is -2.28. The van der Waals surface area contributed by atoms with Gasteiger partial charge in [-0.15, -0.1) is 0 Å². The highest BCUT2D eigenvalue weighted by Gasteiger charge is 2.24. The van der Waals surface area contributed by atoms with Gasteiger partial charge >= 0.3 is 0 Å². The number of aliphatic hydroxyl groups is 2. The Kier molecular flexibility index (Phi) is 3.79. The largest absolute Gasteiger partial charge is 0.394 e. The molecule has 1 fully saturated rings. The molecule has 1 saturated heterocycles. The molecule has 0 radical (unpaired) electrons. The molecule has 1 aliphatic heterocycles. The summed E-state index contributed by atoms with van der Waals surface area (Å²) in [5.41, 5.74) is 0. The van der Waals surface area contributed by atoms with Crippen LogP contribution >= 0.6 is 0 Å². The van der Waals surface area contributed by atoms with Gasteiger partial charge < -0.3 is 19.7 Å². The molecule has 0 aromatic rings. The van der Waals surface area contributed by atoms with Crippen molar-refractivity contribution >= 4 is 0 Å². The number of ether oxygens (including phenoxy) is 2. The maximum Gasteiger partial charge on any atom is 0.181 e. The van der Waals surface area contributed by atoms with E-state index >= 15 is 0 Å². The number of aliphatic hydroxyl groups excluding tert-OH is 2. The Morgan fingerprint density at radius 2 is 2.45 bits per heavy atom. The van der Waals surface area contributed by atoms with Crippen LogP contribution in [-0.2, 0) is 9.47 Å². The molecule has 11 heavy (non-hydrogen) atoms. The van der Waals surface area contributed by atoms with Crippen molar-refractivity contribution in [3.05, 3.63) is 0 Å². The Morgan fingerprint density at radius 3 is 3.00 bits per heavy atom. The van der Waals surface area contributed by atoms with Gasteiger partial charge in [0.2, 0.25) is 0 Å². The average molecular weight is 162 g/mol.